The van der Waals surface area contributed by atoms with Crippen LogP contribution in [0.4, 0.5) is 5.82 Å². The molecule has 132 valence electrons. The Morgan fingerprint density at radius 2 is 1.48 bits per heavy atom. The van der Waals surface area contributed by atoms with E-state index in [1.807, 2.05) is 54.6 Å². The van der Waals surface area contributed by atoms with Crippen LogP contribution < -0.4 is 11.1 Å². The molecule has 5 nitrogen and oxygen atoms in total. The van der Waals surface area contributed by atoms with E-state index in [0.29, 0.717) is 12.1 Å². The summed E-state index contributed by atoms with van der Waals surface area (Å²) < 4.78 is 0. The minimum atomic E-state index is -0.446. The van der Waals surface area contributed by atoms with Gasteiger partial charge in [-0.15, -0.1) is 10.2 Å². The minimum Gasteiger partial charge on any atom is -0.366 e. The third-order valence-electron chi connectivity index (χ3n) is 4.43. The molecule has 0 saturated heterocycles. The quantitative estimate of drug-likeness (QED) is 0.567. The molecule has 27 heavy (non-hydrogen) atoms. The van der Waals surface area contributed by atoms with Gasteiger partial charge < -0.3 is 11.1 Å². The van der Waals surface area contributed by atoms with Gasteiger partial charge in [0.05, 0.1) is 0 Å². The van der Waals surface area contributed by atoms with Crippen molar-refractivity contribution in [3.05, 3.63) is 90.0 Å². The van der Waals surface area contributed by atoms with E-state index in [1.165, 1.54) is 5.56 Å². The second-order valence-electron chi connectivity index (χ2n) is 6.22. The Labute approximate surface area is 156 Å². The third kappa shape index (κ3) is 3.48. The molecular weight excluding hydrogens is 336 g/mol. The zero-order valence-corrected chi connectivity index (χ0v) is 14.6. The topological polar surface area (TPSA) is 80.9 Å². The van der Waals surface area contributed by atoms with Crippen LogP contribution in [-0.2, 0) is 6.54 Å². The van der Waals surface area contributed by atoms with Crippen LogP contribution in [0.1, 0.15) is 15.9 Å². The lowest BCUT2D eigenvalue weighted by Crippen LogP contribution is -2.10. The van der Waals surface area contributed by atoms with Gasteiger partial charge in [0.1, 0.15) is 5.69 Å². The third-order valence-corrected chi connectivity index (χ3v) is 4.43. The highest BCUT2D eigenvalue weighted by Gasteiger charge is 2.11. The van der Waals surface area contributed by atoms with Crippen molar-refractivity contribution in [1.29, 1.82) is 0 Å². The van der Waals surface area contributed by atoms with Crippen LogP contribution in [0.25, 0.3) is 22.0 Å². The van der Waals surface area contributed by atoms with Crippen molar-refractivity contribution in [2.75, 3.05) is 5.32 Å². The van der Waals surface area contributed by atoms with Crippen LogP contribution in [0.3, 0.4) is 0 Å². The summed E-state index contributed by atoms with van der Waals surface area (Å²) in [6.45, 7) is 0.673. The summed E-state index contributed by atoms with van der Waals surface area (Å²) in [6.07, 6.45) is 0. The van der Waals surface area contributed by atoms with E-state index < -0.39 is 5.91 Å². The molecule has 0 fully saturated rings. The summed E-state index contributed by atoms with van der Waals surface area (Å²) in [5.41, 5.74) is 8.62. The van der Waals surface area contributed by atoms with Crippen molar-refractivity contribution in [3.63, 3.8) is 0 Å². The molecule has 0 bridgehead atoms. The van der Waals surface area contributed by atoms with Crippen LogP contribution in [-0.4, -0.2) is 16.1 Å². The number of carbonyl (C=O) groups is 1. The van der Waals surface area contributed by atoms with E-state index in [-0.39, 0.29) is 0 Å². The molecule has 0 saturated carbocycles. The zero-order chi connectivity index (χ0) is 18.6. The number of hydrogen-bond acceptors (Lipinski definition) is 4. The van der Waals surface area contributed by atoms with Crippen molar-refractivity contribution in [3.8, 4) is 11.3 Å². The van der Waals surface area contributed by atoms with Crippen molar-refractivity contribution >= 4 is 22.5 Å². The fourth-order valence-electron chi connectivity index (χ4n) is 3.02. The Morgan fingerprint density at radius 1 is 0.815 bits per heavy atom. The number of hydrogen-bond donors (Lipinski definition) is 2. The van der Waals surface area contributed by atoms with Crippen LogP contribution >= 0.6 is 0 Å². The van der Waals surface area contributed by atoms with E-state index >= 15 is 0 Å². The lowest BCUT2D eigenvalue weighted by molar-refractivity contribution is 0.100. The summed E-state index contributed by atoms with van der Waals surface area (Å²) in [7, 11) is 0. The number of amides is 1. The zero-order valence-electron chi connectivity index (χ0n) is 14.6. The molecule has 0 aliphatic rings. The molecule has 0 aliphatic heterocycles. The van der Waals surface area contributed by atoms with Gasteiger partial charge in [-0.3, -0.25) is 4.79 Å². The minimum absolute atomic E-state index is 0.446. The highest BCUT2D eigenvalue weighted by atomic mass is 16.1. The van der Waals surface area contributed by atoms with Gasteiger partial charge in [0.15, 0.2) is 5.82 Å². The number of nitrogens with one attached hydrogen (secondary N) is 1. The molecule has 0 unspecified atom stereocenters. The first-order valence-electron chi connectivity index (χ1n) is 8.66. The number of primary amides is 1. The van der Waals surface area contributed by atoms with Gasteiger partial charge >= 0.3 is 0 Å². The first kappa shape index (κ1) is 16.7. The molecule has 1 heterocycles. The average Bonchev–Trinajstić information content (AvgIpc) is 2.73. The maximum Gasteiger partial charge on any atom is 0.248 e. The lowest BCUT2D eigenvalue weighted by atomic mass is 10.0. The largest absolute Gasteiger partial charge is 0.366 e. The van der Waals surface area contributed by atoms with Crippen LogP contribution in [0.2, 0.25) is 0 Å². The summed E-state index contributed by atoms with van der Waals surface area (Å²) in [6, 6.07) is 25.3. The average molecular weight is 354 g/mol. The number of fused-ring (bicyclic) bond motifs is 1. The molecule has 0 radical (unpaired) electrons. The van der Waals surface area contributed by atoms with E-state index in [9.17, 15) is 4.79 Å². The second-order valence-corrected chi connectivity index (χ2v) is 6.22. The summed E-state index contributed by atoms with van der Waals surface area (Å²) in [4.78, 5) is 11.3. The van der Waals surface area contributed by atoms with Crippen molar-refractivity contribution in [1.82, 2.24) is 10.2 Å². The van der Waals surface area contributed by atoms with Gasteiger partial charge in [0, 0.05) is 28.4 Å². The Bertz CT molecular complexity index is 1090. The Hall–Kier alpha value is -3.73. The normalized spacial score (nSPS) is 10.7. The van der Waals surface area contributed by atoms with Crippen LogP contribution in [0, 0.1) is 0 Å². The fraction of sp³-hybridized carbons (Fsp3) is 0.0455. The number of aromatic nitrogens is 2. The van der Waals surface area contributed by atoms with E-state index in [0.717, 1.165) is 27.8 Å². The standard InChI is InChI=1S/C22H18N4O/c23-21(27)17-12-10-16(11-13-17)20-18-8-4-5-9-19(18)22(26-25-20)24-14-15-6-2-1-3-7-15/h1-13H,14H2,(H2,23,27)(H,24,26). The molecule has 3 N–H and O–H groups in total. The second kappa shape index (κ2) is 7.25. The van der Waals surface area contributed by atoms with Gasteiger partial charge in [-0.25, -0.2) is 0 Å². The van der Waals surface area contributed by atoms with Crippen LogP contribution in [0.5, 0.6) is 0 Å². The van der Waals surface area contributed by atoms with Crippen molar-refractivity contribution in [2.45, 2.75) is 6.54 Å². The smallest absolute Gasteiger partial charge is 0.248 e. The van der Waals surface area contributed by atoms with Gasteiger partial charge in [-0.05, 0) is 17.7 Å². The van der Waals surface area contributed by atoms with Crippen molar-refractivity contribution < 1.29 is 4.79 Å². The number of benzene rings is 3. The highest BCUT2D eigenvalue weighted by Crippen LogP contribution is 2.30. The molecule has 0 spiro atoms. The SMILES string of the molecule is NC(=O)c1ccc(-c2nnc(NCc3ccccc3)c3ccccc23)cc1. The number of nitrogens with zero attached hydrogens (tertiary/aromatic N) is 2. The molecule has 3 aromatic carbocycles. The first-order chi connectivity index (χ1) is 13.2. The molecule has 5 heteroatoms. The maximum absolute atomic E-state index is 11.3. The van der Waals surface area contributed by atoms with Crippen molar-refractivity contribution in [2.24, 2.45) is 5.73 Å². The summed E-state index contributed by atoms with van der Waals surface area (Å²) >= 11 is 0. The number of nitrogens with two attached hydrogens (primary N) is 1. The predicted molar refractivity (Wildman–Crippen MR) is 107 cm³/mol. The fourth-order valence-corrected chi connectivity index (χ4v) is 3.02. The number of carbonyl (C=O) groups excluding carboxylic acids is 1. The highest BCUT2D eigenvalue weighted by molar-refractivity contribution is 6.00. The Balaban J connectivity index is 1.70. The predicted octanol–water partition coefficient (Wildman–Crippen LogP) is 4.01. The van der Waals surface area contributed by atoms with E-state index in [4.69, 9.17) is 5.73 Å². The van der Waals surface area contributed by atoms with E-state index in [1.54, 1.807) is 12.1 Å². The Kier molecular flexibility index (Phi) is 4.49. The monoisotopic (exact) mass is 354 g/mol. The molecule has 0 aliphatic carbocycles. The first-order valence-corrected chi connectivity index (χ1v) is 8.66. The molecule has 4 aromatic rings. The molecule has 4 rings (SSSR count). The summed E-state index contributed by atoms with van der Waals surface area (Å²) in [5.74, 6) is 0.296. The molecule has 0 atom stereocenters. The summed E-state index contributed by atoms with van der Waals surface area (Å²) in [5, 5.41) is 14.2. The molecular formula is C22H18N4O. The van der Waals surface area contributed by atoms with E-state index in [2.05, 4.69) is 27.6 Å². The maximum atomic E-state index is 11.3. The number of rotatable bonds is 5. The number of anilines is 1. The van der Waals surface area contributed by atoms with Gasteiger partial charge in [0.25, 0.3) is 0 Å². The molecule has 1 amide bonds. The Morgan fingerprint density at radius 3 is 2.19 bits per heavy atom. The van der Waals surface area contributed by atoms with Crippen LogP contribution in [0.15, 0.2) is 78.9 Å². The van der Waals surface area contributed by atoms with Gasteiger partial charge in [-0.2, -0.15) is 0 Å². The lowest BCUT2D eigenvalue weighted by Gasteiger charge is -2.11. The van der Waals surface area contributed by atoms with Gasteiger partial charge in [-0.1, -0.05) is 66.7 Å². The molecule has 1 aromatic heterocycles. The van der Waals surface area contributed by atoms with Gasteiger partial charge in [0.2, 0.25) is 5.91 Å².